The number of carbonyl (C=O) groups is 2. The molecule has 0 fully saturated rings. The second-order valence-corrected chi connectivity index (χ2v) is 5.62. The molecule has 5 nitrogen and oxygen atoms in total. The summed E-state index contributed by atoms with van der Waals surface area (Å²) in [5.41, 5.74) is 1.69. The van der Waals surface area contributed by atoms with Gasteiger partial charge >= 0.3 is 0 Å². The van der Waals surface area contributed by atoms with E-state index in [4.69, 9.17) is 9.47 Å². The number of halogens is 1. The third-order valence-corrected chi connectivity index (χ3v) is 4.27. The van der Waals surface area contributed by atoms with Gasteiger partial charge < -0.3 is 14.8 Å². The van der Waals surface area contributed by atoms with Crippen LogP contribution in [0.2, 0.25) is 0 Å². The summed E-state index contributed by atoms with van der Waals surface area (Å²) < 4.78 is 10.6. The van der Waals surface area contributed by atoms with E-state index in [1.807, 2.05) is 0 Å². The second-order valence-electron chi connectivity index (χ2n) is 4.82. The van der Waals surface area contributed by atoms with Crippen LogP contribution in [-0.4, -0.2) is 25.8 Å². The Labute approximate surface area is 137 Å². The zero-order valence-corrected chi connectivity index (χ0v) is 14.3. The van der Waals surface area contributed by atoms with E-state index in [1.165, 1.54) is 0 Å². The number of ketones is 2. The van der Waals surface area contributed by atoms with Crippen LogP contribution in [0.25, 0.3) is 0 Å². The van der Waals surface area contributed by atoms with Gasteiger partial charge in [-0.3, -0.25) is 9.59 Å². The number of rotatable bonds is 4. The predicted octanol–water partition coefficient (Wildman–Crippen LogP) is 3.21. The topological polar surface area (TPSA) is 64.6 Å². The van der Waals surface area contributed by atoms with Gasteiger partial charge in [-0.2, -0.15) is 0 Å². The van der Waals surface area contributed by atoms with E-state index in [9.17, 15) is 9.59 Å². The number of methoxy groups -OCH3 is 2. The van der Waals surface area contributed by atoms with Crippen molar-refractivity contribution in [1.82, 2.24) is 0 Å². The highest BCUT2D eigenvalue weighted by molar-refractivity contribution is 9.12. The molecule has 1 N–H and O–H groups in total. The number of carbonyl (C=O) groups excluding carboxylic acids is 2. The van der Waals surface area contributed by atoms with Gasteiger partial charge in [0.1, 0.15) is 17.2 Å². The highest BCUT2D eigenvalue weighted by Gasteiger charge is 2.29. The molecule has 0 heterocycles. The highest BCUT2D eigenvalue weighted by atomic mass is 79.9. The maximum atomic E-state index is 12.4. The number of nitrogens with one attached hydrogen (secondary N) is 1. The Morgan fingerprint density at radius 2 is 1.41 bits per heavy atom. The van der Waals surface area contributed by atoms with Gasteiger partial charge in [-0.1, -0.05) is 0 Å². The summed E-state index contributed by atoms with van der Waals surface area (Å²) in [6.07, 6.45) is 0. The molecule has 0 saturated carbocycles. The monoisotopic (exact) mass is 365 g/mol. The van der Waals surface area contributed by atoms with Crippen molar-refractivity contribution in [2.45, 2.75) is 13.8 Å². The Hall–Kier alpha value is -2.08. The predicted molar refractivity (Wildman–Crippen MR) is 87.5 cm³/mol. The van der Waals surface area contributed by atoms with Gasteiger partial charge in [0.2, 0.25) is 5.78 Å². The summed E-state index contributed by atoms with van der Waals surface area (Å²) in [5, 5.41) is 2.98. The first-order valence-electron chi connectivity index (χ1n) is 6.55. The number of anilines is 1. The Morgan fingerprint density at radius 3 is 1.91 bits per heavy atom. The van der Waals surface area contributed by atoms with Crippen molar-refractivity contribution in [3.05, 3.63) is 39.5 Å². The zero-order chi connectivity index (χ0) is 16.4. The van der Waals surface area contributed by atoms with Crippen LogP contribution in [-0.2, 0) is 9.59 Å². The van der Waals surface area contributed by atoms with Crippen molar-refractivity contribution in [1.29, 1.82) is 0 Å². The molecule has 0 aliphatic heterocycles. The molecule has 0 bridgehead atoms. The molecule has 6 heteroatoms. The molecular formula is C16H16BrNO4. The van der Waals surface area contributed by atoms with Crippen LogP contribution < -0.4 is 14.8 Å². The Bertz CT molecular complexity index is 697. The normalized spacial score (nSPS) is 15.3. The molecule has 1 aliphatic carbocycles. The third-order valence-electron chi connectivity index (χ3n) is 3.51. The fourth-order valence-corrected chi connectivity index (χ4v) is 2.62. The van der Waals surface area contributed by atoms with Crippen molar-refractivity contribution >= 4 is 33.2 Å². The van der Waals surface area contributed by atoms with Crippen molar-refractivity contribution in [3.63, 3.8) is 0 Å². The Kier molecular flexibility index (Phi) is 4.71. The summed E-state index contributed by atoms with van der Waals surface area (Å²) in [5.74, 6) is 0.744. The van der Waals surface area contributed by atoms with Crippen LogP contribution in [0.5, 0.6) is 11.5 Å². The maximum absolute atomic E-state index is 12.4. The maximum Gasteiger partial charge on any atom is 0.206 e. The number of hydrogen-bond donors (Lipinski definition) is 1. The molecule has 1 aliphatic rings. The number of hydrogen-bond acceptors (Lipinski definition) is 5. The quantitative estimate of drug-likeness (QED) is 0.829. The van der Waals surface area contributed by atoms with E-state index in [-0.39, 0.29) is 21.7 Å². The number of allylic oxidation sites excluding steroid dienone is 3. The average Bonchev–Trinajstić information content (AvgIpc) is 2.54. The minimum atomic E-state index is -0.217. The van der Waals surface area contributed by atoms with Crippen LogP contribution in [0.15, 0.2) is 39.5 Å². The van der Waals surface area contributed by atoms with E-state index in [2.05, 4.69) is 21.2 Å². The number of ether oxygens (including phenoxy) is 2. The van der Waals surface area contributed by atoms with Crippen molar-refractivity contribution in [3.8, 4) is 11.5 Å². The minimum absolute atomic E-state index is 0.200. The molecular weight excluding hydrogens is 350 g/mol. The van der Waals surface area contributed by atoms with Crippen LogP contribution in [0.4, 0.5) is 5.69 Å². The highest BCUT2D eigenvalue weighted by Crippen LogP contribution is 2.31. The summed E-state index contributed by atoms with van der Waals surface area (Å²) in [7, 11) is 3.08. The lowest BCUT2D eigenvalue weighted by Gasteiger charge is -2.19. The van der Waals surface area contributed by atoms with Gasteiger partial charge in [0.15, 0.2) is 5.78 Å². The summed E-state index contributed by atoms with van der Waals surface area (Å²) >= 11 is 3.21. The lowest BCUT2D eigenvalue weighted by molar-refractivity contribution is -0.115. The average molecular weight is 366 g/mol. The van der Waals surface area contributed by atoms with Gasteiger partial charge in [-0.25, -0.2) is 0 Å². The Balaban J connectivity index is 2.42. The van der Waals surface area contributed by atoms with E-state index >= 15 is 0 Å². The standard InChI is InChI=1S/C16H16BrNO4/c1-8-9(2)16(20)14(13(17)15(8)19)18-10-5-11(21-3)7-12(6-10)22-4/h5-7,18H,1-4H3. The van der Waals surface area contributed by atoms with Crippen molar-refractivity contribution in [2.24, 2.45) is 0 Å². The van der Waals surface area contributed by atoms with Crippen molar-refractivity contribution < 1.29 is 19.1 Å². The summed E-state index contributed by atoms with van der Waals surface area (Å²) in [4.78, 5) is 24.5. The van der Waals surface area contributed by atoms with Gasteiger partial charge in [0.05, 0.1) is 18.7 Å². The molecule has 22 heavy (non-hydrogen) atoms. The fourth-order valence-electron chi connectivity index (χ4n) is 2.04. The van der Waals surface area contributed by atoms with E-state index in [1.54, 1.807) is 46.3 Å². The SMILES string of the molecule is COc1cc(NC2=C(Br)C(=O)C(C)=C(C)C2=O)cc(OC)c1. The fraction of sp³-hybridized carbons (Fsp3) is 0.250. The van der Waals surface area contributed by atoms with Gasteiger partial charge in [-0.05, 0) is 29.8 Å². The molecule has 0 radical (unpaired) electrons. The van der Waals surface area contributed by atoms with Gasteiger partial charge in [0, 0.05) is 35.0 Å². The smallest absolute Gasteiger partial charge is 0.206 e. The number of Topliss-reactive ketones (excluding diaryl/α,β-unsaturated/α-hetero) is 2. The lowest BCUT2D eigenvalue weighted by atomic mass is 9.95. The molecule has 0 aromatic heterocycles. The first-order valence-corrected chi connectivity index (χ1v) is 7.35. The molecule has 0 amide bonds. The van der Waals surface area contributed by atoms with Crippen molar-refractivity contribution in [2.75, 3.05) is 19.5 Å². The lowest BCUT2D eigenvalue weighted by Crippen LogP contribution is -2.24. The molecule has 116 valence electrons. The molecule has 0 spiro atoms. The van der Waals surface area contributed by atoms with Crippen LogP contribution in [0.3, 0.4) is 0 Å². The molecule has 1 aromatic rings. The van der Waals surface area contributed by atoms with E-state index < -0.39 is 0 Å². The molecule has 0 unspecified atom stereocenters. The van der Waals surface area contributed by atoms with Gasteiger partial charge in [-0.15, -0.1) is 0 Å². The summed E-state index contributed by atoms with van der Waals surface area (Å²) in [6, 6.07) is 5.15. The van der Waals surface area contributed by atoms with E-state index in [0.717, 1.165) is 0 Å². The first kappa shape index (κ1) is 16.3. The van der Waals surface area contributed by atoms with Crippen LogP contribution in [0, 0.1) is 0 Å². The second kappa shape index (κ2) is 6.36. The van der Waals surface area contributed by atoms with Crippen LogP contribution >= 0.6 is 15.9 Å². The van der Waals surface area contributed by atoms with Gasteiger partial charge in [0.25, 0.3) is 0 Å². The third kappa shape index (κ3) is 2.92. The molecule has 0 atom stereocenters. The molecule has 0 saturated heterocycles. The largest absolute Gasteiger partial charge is 0.497 e. The summed E-state index contributed by atoms with van der Waals surface area (Å²) in [6.45, 7) is 3.28. The van der Waals surface area contributed by atoms with Crippen LogP contribution in [0.1, 0.15) is 13.8 Å². The molecule has 1 aromatic carbocycles. The Morgan fingerprint density at radius 1 is 0.909 bits per heavy atom. The minimum Gasteiger partial charge on any atom is -0.497 e. The first-order chi connectivity index (χ1) is 10.4. The zero-order valence-electron chi connectivity index (χ0n) is 12.7. The number of benzene rings is 1. The molecule has 2 rings (SSSR count). The van der Waals surface area contributed by atoms with E-state index in [0.29, 0.717) is 28.3 Å².